The summed E-state index contributed by atoms with van der Waals surface area (Å²) in [4.78, 5) is 0. The van der Waals surface area contributed by atoms with Gasteiger partial charge in [0.15, 0.2) is 0 Å². The molecular weight excluding hydrogens is 170 g/mol. The van der Waals surface area contributed by atoms with Crippen molar-refractivity contribution in [2.75, 3.05) is 6.54 Å². The van der Waals surface area contributed by atoms with E-state index in [1.807, 2.05) is 38.1 Å². The first kappa shape index (κ1) is 12.9. The molecule has 1 nitrogen and oxygen atoms in total. The average Bonchev–Trinajstić information content (AvgIpc) is 2.30. The Hall–Kier alpha value is -1.08. The zero-order chi connectivity index (χ0) is 10.8. The van der Waals surface area contributed by atoms with E-state index in [2.05, 4.69) is 18.7 Å². The van der Waals surface area contributed by atoms with Crippen LogP contribution in [0.3, 0.4) is 0 Å². The standard InChI is InChI=1S/C11H15N.C2H6/c1-2-6-11(9-12)10-7-4-3-5-8-10;1-2/h2-5,7-8,11H,1,6,9,12H2;1-2H3. The van der Waals surface area contributed by atoms with Crippen LogP contribution >= 0.6 is 0 Å². The molecule has 0 aromatic heterocycles. The number of hydrogen-bond donors (Lipinski definition) is 1. The van der Waals surface area contributed by atoms with E-state index < -0.39 is 0 Å². The smallest absolute Gasteiger partial charge is 0.000443 e. The van der Waals surface area contributed by atoms with Crippen LogP contribution in [0.15, 0.2) is 43.0 Å². The van der Waals surface area contributed by atoms with Gasteiger partial charge in [-0.15, -0.1) is 6.58 Å². The first-order valence-corrected chi connectivity index (χ1v) is 5.24. The highest BCUT2D eigenvalue weighted by molar-refractivity contribution is 5.20. The quantitative estimate of drug-likeness (QED) is 0.726. The van der Waals surface area contributed by atoms with Gasteiger partial charge in [-0.05, 0) is 24.4 Å². The first-order chi connectivity index (χ1) is 6.88. The van der Waals surface area contributed by atoms with Crippen LogP contribution in [-0.2, 0) is 0 Å². The van der Waals surface area contributed by atoms with Crippen molar-refractivity contribution in [1.82, 2.24) is 0 Å². The molecule has 1 aromatic rings. The summed E-state index contributed by atoms with van der Waals surface area (Å²) in [6.45, 7) is 8.41. The van der Waals surface area contributed by atoms with Gasteiger partial charge in [-0.1, -0.05) is 50.3 Å². The van der Waals surface area contributed by atoms with Crippen molar-refractivity contribution in [1.29, 1.82) is 0 Å². The van der Waals surface area contributed by atoms with E-state index in [0.717, 1.165) is 6.42 Å². The van der Waals surface area contributed by atoms with Gasteiger partial charge in [0.1, 0.15) is 0 Å². The van der Waals surface area contributed by atoms with Crippen LogP contribution in [0.2, 0.25) is 0 Å². The van der Waals surface area contributed by atoms with E-state index in [1.165, 1.54) is 5.56 Å². The molecule has 1 heteroatoms. The Morgan fingerprint density at radius 2 is 1.86 bits per heavy atom. The molecule has 0 saturated heterocycles. The topological polar surface area (TPSA) is 26.0 Å². The maximum Gasteiger partial charge on any atom is -0.000443 e. The van der Waals surface area contributed by atoms with Crippen LogP contribution in [0.5, 0.6) is 0 Å². The van der Waals surface area contributed by atoms with Gasteiger partial charge in [0, 0.05) is 0 Å². The number of allylic oxidation sites excluding steroid dienone is 1. The number of nitrogens with two attached hydrogens (primary N) is 1. The molecular formula is C13H21N. The maximum absolute atomic E-state index is 5.64. The van der Waals surface area contributed by atoms with Crippen molar-refractivity contribution in [2.24, 2.45) is 5.73 Å². The summed E-state index contributed by atoms with van der Waals surface area (Å²) in [5.74, 6) is 0.434. The Labute approximate surface area is 87.6 Å². The Balaban J connectivity index is 0.000000791. The molecule has 1 rings (SSSR count). The third kappa shape index (κ3) is 4.24. The SMILES string of the molecule is C=CCC(CN)c1ccccc1.CC. The van der Waals surface area contributed by atoms with Gasteiger partial charge in [0.05, 0.1) is 0 Å². The molecule has 14 heavy (non-hydrogen) atoms. The maximum atomic E-state index is 5.64. The first-order valence-electron chi connectivity index (χ1n) is 5.24. The molecule has 0 aliphatic rings. The van der Waals surface area contributed by atoms with Crippen molar-refractivity contribution in [3.63, 3.8) is 0 Å². The molecule has 0 heterocycles. The molecule has 0 fully saturated rings. The molecule has 0 radical (unpaired) electrons. The summed E-state index contributed by atoms with van der Waals surface area (Å²) in [5.41, 5.74) is 6.95. The minimum atomic E-state index is 0.434. The van der Waals surface area contributed by atoms with E-state index in [0.29, 0.717) is 12.5 Å². The second-order valence-electron chi connectivity index (χ2n) is 2.87. The number of benzene rings is 1. The van der Waals surface area contributed by atoms with Crippen molar-refractivity contribution in [3.05, 3.63) is 48.6 Å². The van der Waals surface area contributed by atoms with Crippen LogP contribution in [-0.4, -0.2) is 6.54 Å². The Morgan fingerprint density at radius 1 is 1.29 bits per heavy atom. The minimum Gasteiger partial charge on any atom is -0.330 e. The Kier molecular flexibility index (Phi) is 7.86. The Morgan fingerprint density at radius 3 is 2.29 bits per heavy atom. The highest BCUT2D eigenvalue weighted by atomic mass is 14.5. The van der Waals surface area contributed by atoms with E-state index >= 15 is 0 Å². The van der Waals surface area contributed by atoms with Crippen LogP contribution in [0.25, 0.3) is 0 Å². The third-order valence-corrected chi connectivity index (χ3v) is 2.01. The lowest BCUT2D eigenvalue weighted by molar-refractivity contribution is 0.711. The largest absolute Gasteiger partial charge is 0.330 e. The molecule has 0 aliphatic carbocycles. The molecule has 2 N–H and O–H groups in total. The van der Waals surface area contributed by atoms with Crippen molar-refractivity contribution >= 4 is 0 Å². The van der Waals surface area contributed by atoms with Gasteiger partial charge in [-0.2, -0.15) is 0 Å². The third-order valence-electron chi connectivity index (χ3n) is 2.01. The van der Waals surface area contributed by atoms with E-state index in [-0.39, 0.29) is 0 Å². The summed E-state index contributed by atoms with van der Waals surface area (Å²) in [5, 5.41) is 0. The fraction of sp³-hybridized carbons (Fsp3) is 0.385. The zero-order valence-electron chi connectivity index (χ0n) is 9.24. The molecule has 0 aliphatic heterocycles. The van der Waals surface area contributed by atoms with E-state index in [4.69, 9.17) is 5.73 Å². The molecule has 1 atom stereocenters. The lowest BCUT2D eigenvalue weighted by atomic mass is 9.96. The predicted octanol–water partition coefficient (Wildman–Crippen LogP) is 3.33. The average molecular weight is 191 g/mol. The van der Waals surface area contributed by atoms with Crippen molar-refractivity contribution in [3.8, 4) is 0 Å². The second kappa shape index (κ2) is 8.52. The summed E-state index contributed by atoms with van der Waals surface area (Å²) in [6.07, 6.45) is 2.88. The predicted molar refractivity (Wildman–Crippen MR) is 64.4 cm³/mol. The number of rotatable bonds is 4. The lowest BCUT2D eigenvalue weighted by Gasteiger charge is -2.11. The Bertz CT molecular complexity index is 228. The molecule has 1 aromatic carbocycles. The second-order valence-corrected chi connectivity index (χ2v) is 2.87. The van der Waals surface area contributed by atoms with Gasteiger partial charge in [0.2, 0.25) is 0 Å². The molecule has 0 saturated carbocycles. The highest BCUT2D eigenvalue weighted by Gasteiger charge is 2.05. The van der Waals surface area contributed by atoms with E-state index in [9.17, 15) is 0 Å². The normalized spacial score (nSPS) is 11.1. The van der Waals surface area contributed by atoms with Gasteiger partial charge in [0.25, 0.3) is 0 Å². The molecule has 1 unspecified atom stereocenters. The van der Waals surface area contributed by atoms with Crippen molar-refractivity contribution < 1.29 is 0 Å². The van der Waals surface area contributed by atoms with Gasteiger partial charge >= 0.3 is 0 Å². The fourth-order valence-corrected chi connectivity index (χ4v) is 1.29. The molecule has 0 spiro atoms. The summed E-state index contributed by atoms with van der Waals surface area (Å²) < 4.78 is 0. The molecule has 0 amide bonds. The van der Waals surface area contributed by atoms with Gasteiger partial charge < -0.3 is 5.73 Å². The summed E-state index contributed by atoms with van der Waals surface area (Å²) in [7, 11) is 0. The minimum absolute atomic E-state index is 0.434. The van der Waals surface area contributed by atoms with Crippen LogP contribution in [0.1, 0.15) is 31.7 Å². The van der Waals surface area contributed by atoms with Gasteiger partial charge in [-0.3, -0.25) is 0 Å². The molecule has 78 valence electrons. The zero-order valence-corrected chi connectivity index (χ0v) is 9.24. The molecule has 0 bridgehead atoms. The summed E-state index contributed by atoms with van der Waals surface area (Å²) >= 11 is 0. The lowest BCUT2D eigenvalue weighted by Crippen LogP contribution is -2.11. The monoisotopic (exact) mass is 191 g/mol. The highest BCUT2D eigenvalue weighted by Crippen LogP contribution is 2.17. The van der Waals surface area contributed by atoms with Crippen molar-refractivity contribution in [2.45, 2.75) is 26.2 Å². The van der Waals surface area contributed by atoms with Crippen LogP contribution in [0.4, 0.5) is 0 Å². The summed E-state index contributed by atoms with van der Waals surface area (Å²) in [6, 6.07) is 10.3. The van der Waals surface area contributed by atoms with Gasteiger partial charge in [-0.25, -0.2) is 0 Å². The fourth-order valence-electron chi connectivity index (χ4n) is 1.29. The van der Waals surface area contributed by atoms with Crippen LogP contribution < -0.4 is 5.73 Å². The van der Waals surface area contributed by atoms with Crippen LogP contribution in [0, 0.1) is 0 Å². The van der Waals surface area contributed by atoms with E-state index in [1.54, 1.807) is 0 Å². The number of hydrogen-bond acceptors (Lipinski definition) is 1.